The molecule has 1 aromatic rings. The number of esters is 1. The lowest BCUT2D eigenvalue weighted by Crippen LogP contribution is -2.43. The van der Waals surface area contributed by atoms with Crippen molar-refractivity contribution in [1.82, 2.24) is 14.7 Å². The highest BCUT2D eigenvalue weighted by Gasteiger charge is 2.31. The lowest BCUT2D eigenvalue weighted by atomic mass is 10.5. The molecular weight excluding hydrogens is 344 g/mol. The number of amides is 2. The summed E-state index contributed by atoms with van der Waals surface area (Å²) in [6.45, 7) is 2.64. The summed E-state index contributed by atoms with van der Waals surface area (Å²) in [7, 11) is -1.60. The highest BCUT2D eigenvalue weighted by Crippen LogP contribution is 2.17. The maximum Gasteiger partial charge on any atom is 0.335 e. The molecule has 134 valence electrons. The molecule has 12 heteroatoms. The number of urea groups is 1. The fraction of sp³-hybridized carbons (Fsp3) is 0.500. The summed E-state index contributed by atoms with van der Waals surface area (Å²) in [6, 6.07) is 0.212. The second-order valence-corrected chi connectivity index (χ2v) is 6.27. The zero-order chi connectivity index (χ0) is 18.3. The van der Waals surface area contributed by atoms with Crippen LogP contribution in [0.25, 0.3) is 0 Å². The van der Waals surface area contributed by atoms with Gasteiger partial charge in [-0.1, -0.05) is 0 Å². The highest BCUT2D eigenvalue weighted by atomic mass is 32.2. The highest BCUT2D eigenvalue weighted by molar-refractivity contribution is 7.91. The first kappa shape index (κ1) is 19.4. The molecule has 2 amide bonds. The third-order valence-corrected chi connectivity index (χ3v) is 4.23. The summed E-state index contributed by atoms with van der Waals surface area (Å²) < 4.78 is 39.9. The van der Waals surface area contributed by atoms with Gasteiger partial charge in [0.15, 0.2) is 5.25 Å². The van der Waals surface area contributed by atoms with Crippen molar-refractivity contribution in [3.8, 4) is 11.8 Å². The molecule has 11 nitrogen and oxygen atoms in total. The van der Waals surface area contributed by atoms with Gasteiger partial charge in [-0.15, -0.1) is 0 Å². The minimum atomic E-state index is -4.29. The van der Waals surface area contributed by atoms with Gasteiger partial charge in [-0.2, -0.15) is 9.97 Å². The number of rotatable bonds is 7. The fourth-order valence-corrected chi connectivity index (χ4v) is 2.21. The standard InChI is InChI=1S/C12H18N4O7S/c1-5-23-10(17)7(2)24(19,20)16-12(18)15-11-13-8(21-3)6-9(14-11)22-4/h6-7H,5H2,1-4H3,(H2,13,14,15,16,18). The van der Waals surface area contributed by atoms with E-state index >= 15 is 0 Å². The molecule has 0 bridgehead atoms. The number of hydrogen-bond donors (Lipinski definition) is 2. The third kappa shape index (κ3) is 5.22. The van der Waals surface area contributed by atoms with Crippen LogP contribution in [0.3, 0.4) is 0 Å². The Balaban J connectivity index is 2.84. The van der Waals surface area contributed by atoms with Crippen LogP contribution < -0.4 is 19.5 Å². The van der Waals surface area contributed by atoms with E-state index in [0.717, 1.165) is 6.92 Å². The van der Waals surface area contributed by atoms with E-state index in [1.165, 1.54) is 27.2 Å². The van der Waals surface area contributed by atoms with Crippen molar-refractivity contribution in [2.45, 2.75) is 19.1 Å². The molecule has 0 fully saturated rings. The van der Waals surface area contributed by atoms with E-state index in [1.54, 1.807) is 4.72 Å². The molecule has 0 radical (unpaired) electrons. The van der Waals surface area contributed by atoms with Crippen molar-refractivity contribution in [2.24, 2.45) is 0 Å². The lowest BCUT2D eigenvalue weighted by Gasteiger charge is -2.13. The first-order valence-electron chi connectivity index (χ1n) is 6.69. The molecule has 0 aliphatic carbocycles. The van der Waals surface area contributed by atoms with E-state index in [-0.39, 0.29) is 24.3 Å². The van der Waals surface area contributed by atoms with Gasteiger partial charge in [0.2, 0.25) is 27.7 Å². The van der Waals surface area contributed by atoms with Gasteiger partial charge in [0, 0.05) is 0 Å². The van der Waals surface area contributed by atoms with Crippen LogP contribution in [0.2, 0.25) is 0 Å². The van der Waals surface area contributed by atoms with Gasteiger partial charge < -0.3 is 14.2 Å². The zero-order valence-corrected chi connectivity index (χ0v) is 14.3. The Kier molecular flexibility index (Phi) is 6.70. The van der Waals surface area contributed by atoms with Gasteiger partial charge in [-0.25, -0.2) is 17.9 Å². The van der Waals surface area contributed by atoms with E-state index in [4.69, 9.17) is 9.47 Å². The summed E-state index contributed by atoms with van der Waals surface area (Å²) in [5.74, 6) is -1.03. The van der Waals surface area contributed by atoms with Gasteiger partial charge in [-0.05, 0) is 13.8 Å². The molecule has 1 unspecified atom stereocenters. The average molecular weight is 362 g/mol. The van der Waals surface area contributed by atoms with E-state index < -0.39 is 27.3 Å². The van der Waals surface area contributed by atoms with Gasteiger partial charge in [0.1, 0.15) is 0 Å². The summed E-state index contributed by atoms with van der Waals surface area (Å²) >= 11 is 0. The van der Waals surface area contributed by atoms with E-state index in [9.17, 15) is 18.0 Å². The average Bonchev–Trinajstić information content (AvgIpc) is 2.53. The van der Waals surface area contributed by atoms with Crippen molar-refractivity contribution < 1.29 is 32.2 Å². The number of nitrogens with zero attached hydrogens (tertiary/aromatic N) is 2. The van der Waals surface area contributed by atoms with Crippen LogP contribution in [0.5, 0.6) is 11.8 Å². The number of nitrogens with one attached hydrogen (secondary N) is 2. The molecular formula is C12H18N4O7S. The quantitative estimate of drug-likeness (QED) is 0.634. The maximum atomic E-state index is 11.9. The topological polar surface area (TPSA) is 146 Å². The smallest absolute Gasteiger partial charge is 0.335 e. The number of carbonyl (C=O) groups excluding carboxylic acids is 2. The number of carbonyl (C=O) groups is 2. The van der Waals surface area contributed by atoms with E-state index in [1.807, 2.05) is 0 Å². The SMILES string of the molecule is CCOC(=O)C(C)S(=O)(=O)NC(=O)Nc1nc(OC)cc(OC)n1. The molecule has 2 N–H and O–H groups in total. The third-order valence-electron chi connectivity index (χ3n) is 2.64. The second kappa shape index (κ2) is 8.29. The Morgan fingerprint density at radius 2 is 1.75 bits per heavy atom. The number of hydrogen-bond acceptors (Lipinski definition) is 9. The molecule has 1 heterocycles. The summed E-state index contributed by atoms with van der Waals surface area (Å²) in [5, 5.41) is 0.544. The molecule has 1 rings (SSSR count). The molecule has 0 saturated carbocycles. The Labute approximate surface area is 138 Å². The Hall–Kier alpha value is -2.63. The van der Waals surface area contributed by atoms with Crippen LogP contribution in [0.15, 0.2) is 6.07 Å². The van der Waals surface area contributed by atoms with Gasteiger partial charge in [0.05, 0.1) is 26.9 Å². The molecule has 0 spiro atoms. The first-order chi connectivity index (χ1) is 11.2. The number of ether oxygens (including phenoxy) is 3. The molecule has 1 atom stereocenters. The summed E-state index contributed by atoms with van der Waals surface area (Å²) in [4.78, 5) is 30.9. The number of sulfonamides is 1. The lowest BCUT2D eigenvalue weighted by molar-refractivity contribution is -0.142. The molecule has 0 aromatic carbocycles. The normalized spacial score (nSPS) is 12.0. The van der Waals surface area contributed by atoms with Crippen molar-refractivity contribution >= 4 is 28.0 Å². The predicted octanol–water partition coefficient (Wildman–Crippen LogP) is -0.103. The molecule has 0 saturated heterocycles. The summed E-state index contributed by atoms with van der Waals surface area (Å²) in [6.07, 6.45) is 0. The first-order valence-corrected chi connectivity index (χ1v) is 8.24. The maximum absolute atomic E-state index is 11.9. The van der Waals surface area contributed by atoms with Crippen LogP contribution >= 0.6 is 0 Å². The van der Waals surface area contributed by atoms with Gasteiger partial charge in [0.25, 0.3) is 0 Å². The molecule has 0 aliphatic rings. The van der Waals surface area contributed by atoms with Crippen molar-refractivity contribution in [2.75, 3.05) is 26.1 Å². The predicted molar refractivity (Wildman–Crippen MR) is 82.3 cm³/mol. The van der Waals surface area contributed by atoms with Crippen LogP contribution in [0.4, 0.5) is 10.7 Å². The number of anilines is 1. The van der Waals surface area contributed by atoms with E-state index in [2.05, 4.69) is 20.0 Å². The molecule has 24 heavy (non-hydrogen) atoms. The van der Waals surface area contributed by atoms with Crippen molar-refractivity contribution in [3.05, 3.63) is 6.07 Å². The van der Waals surface area contributed by atoms with Crippen LogP contribution in [-0.2, 0) is 19.6 Å². The van der Waals surface area contributed by atoms with Gasteiger partial charge >= 0.3 is 12.0 Å². The zero-order valence-electron chi connectivity index (χ0n) is 13.5. The van der Waals surface area contributed by atoms with Crippen LogP contribution in [0, 0.1) is 0 Å². The van der Waals surface area contributed by atoms with Crippen molar-refractivity contribution in [1.29, 1.82) is 0 Å². The molecule has 0 aliphatic heterocycles. The minimum absolute atomic E-state index is 0.0162. The van der Waals surface area contributed by atoms with E-state index in [0.29, 0.717) is 0 Å². The van der Waals surface area contributed by atoms with Crippen LogP contribution in [0.1, 0.15) is 13.8 Å². The minimum Gasteiger partial charge on any atom is -0.481 e. The monoisotopic (exact) mass is 362 g/mol. The Morgan fingerprint density at radius 3 is 2.21 bits per heavy atom. The number of aromatic nitrogens is 2. The second-order valence-electron chi connectivity index (χ2n) is 4.27. The number of methoxy groups -OCH3 is 2. The fourth-order valence-electron chi connectivity index (χ4n) is 1.40. The van der Waals surface area contributed by atoms with Crippen molar-refractivity contribution in [3.63, 3.8) is 0 Å². The molecule has 1 aromatic heterocycles. The Morgan fingerprint density at radius 1 is 1.21 bits per heavy atom. The van der Waals surface area contributed by atoms with Gasteiger partial charge in [-0.3, -0.25) is 10.1 Å². The largest absolute Gasteiger partial charge is 0.481 e. The van der Waals surface area contributed by atoms with Crippen LogP contribution in [-0.4, -0.2) is 56.5 Å². The summed E-state index contributed by atoms with van der Waals surface area (Å²) in [5.41, 5.74) is 0. The Bertz CT molecular complexity index is 685.